The van der Waals surface area contributed by atoms with Gasteiger partial charge in [0.05, 0.1) is 5.60 Å². The summed E-state index contributed by atoms with van der Waals surface area (Å²) in [5, 5.41) is 0. The van der Waals surface area contributed by atoms with Gasteiger partial charge in [0.2, 0.25) is 0 Å². The van der Waals surface area contributed by atoms with Crippen LogP contribution in [0.25, 0.3) is 0 Å². The van der Waals surface area contributed by atoms with Crippen LogP contribution in [-0.2, 0) is 4.74 Å². The van der Waals surface area contributed by atoms with Crippen molar-refractivity contribution in [2.45, 2.75) is 37.8 Å². The monoisotopic (exact) mass is 184 g/mol. The molecule has 0 aromatic rings. The van der Waals surface area contributed by atoms with E-state index in [-0.39, 0.29) is 11.6 Å². The number of ether oxygens (including phenoxy) is 1. The second-order valence-corrected chi connectivity index (χ2v) is 4.24. The highest BCUT2D eigenvalue weighted by Crippen LogP contribution is 2.34. The number of piperidine rings is 1. The maximum absolute atomic E-state index is 6.09. The Kier molecular flexibility index (Phi) is 2.58. The highest BCUT2D eigenvalue weighted by molar-refractivity contribution is 4.99. The Morgan fingerprint density at radius 2 is 2.15 bits per heavy atom. The average molecular weight is 184 g/mol. The van der Waals surface area contributed by atoms with E-state index in [1.54, 1.807) is 0 Å². The van der Waals surface area contributed by atoms with Crippen molar-refractivity contribution in [3.63, 3.8) is 0 Å². The minimum atomic E-state index is 0.0473. The number of rotatable bonds is 1. The van der Waals surface area contributed by atoms with Crippen LogP contribution in [0.15, 0.2) is 0 Å². The van der Waals surface area contributed by atoms with Gasteiger partial charge in [-0.15, -0.1) is 0 Å². The molecular weight excluding hydrogens is 164 g/mol. The van der Waals surface area contributed by atoms with Gasteiger partial charge in [0.1, 0.15) is 0 Å². The molecular formula is C10H20N2O. The fourth-order valence-electron chi connectivity index (χ4n) is 2.52. The average Bonchev–Trinajstić information content (AvgIpc) is 2.50. The van der Waals surface area contributed by atoms with Crippen LogP contribution in [0.3, 0.4) is 0 Å². The molecule has 3 heteroatoms. The van der Waals surface area contributed by atoms with Gasteiger partial charge in [0.25, 0.3) is 0 Å². The summed E-state index contributed by atoms with van der Waals surface area (Å²) in [6.07, 6.45) is 3.30. The first kappa shape index (κ1) is 9.44. The van der Waals surface area contributed by atoms with Gasteiger partial charge in [0.15, 0.2) is 0 Å². The van der Waals surface area contributed by atoms with Crippen molar-refractivity contribution in [3.8, 4) is 0 Å². The zero-order chi connectivity index (χ0) is 9.31. The van der Waals surface area contributed by atoms with Gasteiger partial charge in [-0.05, 0) is 25.8 Å². The Hall–Kier alpha value is -0.120. The molecule has 0 bridgehead atoms. The Morgan fingerprint density at radius 1 is 1.46 bits per heavy atom. The van der Waals surface area contributed by atoms with Crippen molar-refractivity contribution >= 4 is 0 Å². The molecule has 1 atom stereocenters. The molecule has 0 radical (unpaired) electrons. The third-order valence-corrected chi connectivity index (χ3v) is 3.64. The van der Waals surface area contributed by atoms with E-state index in [2.05, 4.69) is 11.8 Å². The van der Waals surface area contributed by atoms with Crippen LogP contribution in [0.1, 0.15) is 26.2 Å². The molecule has 2 aliphatic rings. The second-order valence-electron chi connectivity index (χ2n) is 4.24. The summed E-state index contributed by atoms with van der Waals surface area (Å²) in [6, 6.07) is 0.284. The predicted octanol–water partition coefficient (Wildman–Crippen LogP) is 0.588. The Balaban J connectivity index is 1.95. The molecule has 0 amide bonds. The molecule has 76 valence electrons. The van der Waals surface area contributed by atoms with Crippen LogP contribution in [-0.4, -0.2) is 42.8 Å². The maximum Gasteiger partial charge on any atom is 0.0857 e. The Morgan fingerprint density at radius 3 is 2.62 bits per heavy atom. The third kappa shape index (κ3) is 1.60. The summed E-state index contributed by atoms with van der Waals surface area (Å²) in [5.74, 6) is 0. The standard InChI is InChI=1S/C10H20N2O/c1-2-12-6-4-10(5-7-12)9(11)3-8-13-10/h9H,2-8,11H2,1H3. The van der Waals surface area contributed by atoms with Crippen molar-refractivity contribution in [2.75, 3.05) is 26.2 Å². The quantitative estimate of drug-likeness (QED) is 0.648. The van der Waals surface area contributed by atoms with Gasteiger partial charge in [-0.25, -0.2) is 0 Å². The Bertz CT molecular complexity index is 176. The Labute approximate surface area is 80.2 Å². The lowest BCUT2D eigenvalue weighted by Crippen LogP contribution is -2.52. The normalized spacial score (nSPS) is 34.2. The van der Waals surface area contributed by atoms with Crippen molar-refractivity contribution < 1.29 is 4.74 Å². The van der Waals surface area contributed by atoms with Crippen LogP contribution < -0.4 is 5.73 Å². The van der Waals surface area contributed by atoms with E-state index in [4.69, 9.17) is 10.5 Å². The molecule has 2 N–H and O–H groups in total. The zero-order valence-electron chi connectivity index (χ0n) is 8.46. The highest BCUT2D eigenvalue weighted by atomic mass is 16.5. The molecule has 1 unspecified atom stereocenters. The second kappa shape index (κ2) is 3.56. The smallest absolute Gasteiger partial charge is 0.0857 e. The number of hydrogen-bond donors (Lipinski definition) is 1. The van der Waals surface area contributed by atoms with E-state index in [9.17, 15) is 0 Å². The zero-order valence-corrected chi connectivity index (χ0v) is 8.46. The molecule has 13 heavy (non-hydrogen) atoms. The number of likely N-dealkylation sites (tertiary alicyclic amines) is 1. The van der Waals surface area contributed by atoms with Crippen molar-refractivity contribution in [2.24, 2.45) is 5.73 Å². The van der Waals surface area contributed by atoms with Gasteiger partial charge in [-0.2, -0.15) is 0 Å². The van der Waals surface area contributed by atoms with E-state index < -0.39 is 0 Å². The summed E-state index contributed by atoms with van der Waals surface area (Å²) < 4.78 is 5.83. The molecule has 1 spiro atoms. The van der Waals surface area contributed by atoms with Gasteiger partial charge in [-0.3, -0.25) is 0 Å². The summed E-state index contributed by atoms with van der Waals surface area (Å²) >= 11 is 0. The van der Waals surface area contributed by atoms with Crippen LogP contribution >= 0.6 is 0 Å². The van der Waals surface area contributed by atoms with E-state index in [1.807, 2.05) is 0 Å². The van der Waals surface area contributed by atoms with Crippen LogP contribution in [0, 0.1) is 0 Å². The van der Waals surface area contributed by atoms with E-state index in [0.717, 1.165) is 45.5 Å². The van der Waals surface area contributed by atoms with Crippen molar-refractivity contribution in [1.82, 2.24) is 4.90 Å². The van der Waals surface area contributed by atoms with E-state index in [0.29, 0.717) is 0 Å². The molecule has 0 saturated carbocycles. The fourth-order valence-corrected chi connectivity index (χ4v) is 2.52. The van der Waals surface area contributed by atoms with Gasteiger partial charge in [-0.1, -0.05) is 6.92 Å². The van der Waals surface area contributed by atoms with Gasteiger partial charge in [0, 0.05) is 25.7 Å². The first-order valence-electron chi connectivity index (χ1n) is 5.39. The molecule has 2 heterocycles. The van der Waals surface area contributed by atoms with Crippen LogP contribution in [0.5, 0.6) is 0 Å². The van der Waals surface area contributed by atoms with E-state index in [1.165, 1.54) is 0 Å². The lowest BCUT2D eigenvalue weighted by Gasteiger charge is -2.40. The first-order valence-corrected chi connectivity index (χ1v) is 5.39. The predicted molar refractivity (Wildman–Crippen MR) is 52.6 cm³/mol. The summed E-state index contributed by atoms with van der Waals surface area (Å²) in [4.78, 5) is 2.47. The molecule has 0 aromatic heterocycles. The lowest BCUT2D eigenvalue weighted by atomic mass is 9.85. The minimum Gasteiger partial charge on any atom is -0.373 e. The molecule has 2 rings (SSSR count). The topological polar surface area (TPSA) is 38.5 Å². The fraction of sp³-hybridized carbons (Fsp3) is 1.00. The van der Waals surface area contributed by atoms with Gasteiger partial charge >= 0.3 is 0 Å². The third-order valence-electron chi connectivity index (χ3n) is 3.64. The highest BCUT2D eigenvalue weighted by Gasteiger charge is 2.43. The molecule has 3 nitrogen and oxygen atoms in total. The number of hydrogen-bond acceptors (Lipinski definition) is 3. The molecule has 2 saturated heterocycles. The number of nitrogens with two attached hydrogens (primary N) is 1. The number of nitrogens with zero attached hydrogens (tertiary/aromatic N) is 1. The van der Waals surface area contributed by atoms with Crippen molar-refractivity contribution in [1.29, 1.82) is 0 Å². The summed E-state index contributed by atoms with van der Waals surface area (Å²) in [6.45, 7) is 6.56. The lowest BCUT2D eigenvalue weighted by molar-refractivity contribution is -0.0499. The SMILES string of the molecule is CCN1CCC2(CC1)OCCC2N. The van der Waals surface area contributed by atoms with Crippen LogP contribution in [0.4, 0.5) is 0 Å². The molecule has 0 aromatic carbocycles. The van der Waals surface area contributed by atoms with Gasteiger partial charge < -0.3 is 15.4 Å². The molecule has 2 fully saturated rings. The minimum absolute atomic E-state index is 0.0473. The molecule has 0 aliphatic carbocycles. The first-order chi connectivity index (χ1) is 6.27. The van der Waals surface area contributed by atoms with E-state index >= 15 is 0 Å². The maximum atomic E-state index is 6.09. The summed E-state index contributed by atoms with van der Waals surface area (Å²) in [7, 11) is 0. The van der Waals surface area contributed by atoms with Crippen LogP contribution in [0.2, 0.25) is 0 Å². The molecule has 2 aliphatic heterocycles. The van der Waals surface area contributed by atoms with Crippen molar-refractivity contribution in [3.05, 3.63) is 0 Å². The largest absolute Gasteiger partial charge is 0.373 e. The summed E-state index contributed by atoms with van der Waals surface area (Å²) in [5.41, 5.74) is 6.14.